The van der Waals surface area contributed by atoms with Gasteiger partial charge >= 0.3 is 0 Å². The highest BCUT2D eigenvalue weighted by molar-refractivity contribution is 5.96. The van der Waals surface area contributed by atoms with E-state index >= 15 is 0 Å². The molecule has 5 aromatic carbocycles. The fourth-order valence-electron chi connectivity index (χ4n) is 5.89. The summed E-state index contributed by atoms with van der Waals surface area (Å²) >= 11 is 0. The molecule has 2 aromatic heterocycles. The third kappa shape index (κ3) is 5.33. The molecule has 206 valence electrons. The molecule has 0 aliphatic rings. The van der Waals surface area contributed by atoms with Gasteiger partial charge in [-0.1, -0.05) is 114 Å². The fourth-order valence-corrected chi connectivity index (χ4v) is 5.89. The summed E-state index contributed by atoms with van der Waals surface area (Å²) in [5.41, 5.74) is 16.2. The number of aromatic nitrogens is 3. The maximum absolute atomic E-state index is 5.34. The Morgan fingerprint density at radius 3 is 1.51 bits per heavy atom. The molecular formula is C40H31N3. The van der Waals surface area contributed by atoms with Crippen molar-refractivity contribution in [3.05, 3.63) is 150 Å². The summed E-state index contributed by atoms with van der Waals surface area (Å²) in [4.78, 5) is 14.8. The Morgan fingerprint density at radius 1 is 0.372 bits per heavy atom. The van der Waals surface area contributed by atoms with Crippen LogP contribution in [0.25, 0.3) is 66.9 Å². The van der Waals surface area contributed by atoms with Crippen LogP contribution in [0.3, 0.4) is 0 Å². The highest BCUT2D eigenvalue weighted by atomic mass is 14.8. The van der Waals surface area contributed by atoms with Crippen molar-refractivity contribution in [1.82, 2.24) is 15.0 Å². The SMILES string of the molecule is Cc1cccc(-c2cc3nc(-c4ccccc4)c(-c4ccc(-c5ccncc5)cc4)nc3cc2-c2cc(C)cc(C)c2)c1. The maximum atomic E-state index is 5.34. The van der Waals surface area contributed by atoms with Crippen LogP contribution in [0.4, 0.5) is 0 Å². The summed E-state index contributed by atoms with van der Waals surface area (Å²) in [6.07, 6.45) is 3.65. The largest absolute Gasteiger partial charge is 0.265 e. The molecule has 0 N–H and O–H groups in total. The Morgan fingerprint density at radius 2 is 0.884 bits per heavy atom. The van der Waals surface area contributed by atoms with E-state index in [1.54, 1.807) is 0 Å². The van der Waals surface area contributed by atoms with Crippen LogP contribution in [0.15, 0.2) is 134 Å². The molecule has 0 amide bonds. The first kappa shape index (κ1) is 26.5. The van der Waals surface area contributed by atoms with Gasteiger partial charge in [-0.15, -0.1) is 0 Å². The number of pyridine rings is 1. The third-order valence-electron chi connectivity index (χ3n) is 7.88. The van der Waals surface area contributed by atoms with Gasteiger partial charge in [-0.25, -0.2) is 9.97 Å². The third-order valence-corrected chi connectivity index (χ3v) is 7.88. The molecule has 0 saturated heterocycles. The minimum Gasteiger partial charge on any atom is -0.265 e. The molecule has 43 heavy (non-hydrogen) atoms. The molecule has 0 atom stereocenters. The first-order chi connectivity index (χ1) is 21.0. The molecular weight excluding hydrogens is 522 g/mol. The molecule has 0 aliphatic carbocycles. The van der Waals surface area contributed by atoms with Crippen LogP contribution in [0.5, 0.6) is 0 Å². The van der Waals surface area contributed by atoms with E-state index in [2.05, 4.69) is 129 Å². The summed E-state index contributed by atoms with van der Waals surface area (Å²) < 4.78 is 0. The van der Waals surface area contributed by atoms with Gasteiger partial charge in [-0.05, 0) is 78.4 Å². The molecule has 0 unspecified atom stereocenters. The molecule has 0 radical (unpaired) electrons. The molecule has 7 rings (SSSR count). The molecule has 2 heterocycles. The standard InChI is InChI=1S/C40H31N3/c1-26-8-7-11-33(21-26)35-24-37-38(25-36(35)34-22-27(2)20-28(3)23-34)43-40(39(42-37)31-9-5-4-6-10-31)32-14-12-29(13-15-32)30-16-18-41-19-17-30/h4-25H,1-3H3. The van der Waals surface area contributed by atoms with E-state index in [0.717, 1.165) is 55.8 Å². The Labute approximate surface area is 252 Å². The molecule has 7 aromatic rings. The normalized spacial score (nSPS) is 11.1. The van der Waals surface area contributed by atoms with E-state index in [9.17, 15) is 0 Å². The van der Waals surface area contributed by atoms with E-state index in [1.807, 2.05) is 30.6 Å². The van der Waals surface area contributed by atoms with Gasteiger partial charge in [0, 0.05) is 23.5 Å². The molecule has 0 saturated carbocycles. The van der Waals surface area contributed by atoms with Crippen LogP contribution in [0, 0.1) is 20.8 Å². The number of benzene rings is 5. The van der Waals surface area contributed by atoms with Crippen molar-refractivity contribution in [3.63, 3.8) is 0 Å². The van der Waals surface area contributed by atoms with Crippen molar-refractivity contribution in [3.8, 4) is 55.9 Å². The van der Waals surface area contributed by atoms with E-state index in [0.29, 0.717) is 0 Å². The Kier molecular flexibility index (Phi) is 6.84. The lowest BCUT2D eigenvalue weighted by Gasteiger charge is -2.16. The first-order valence-electron chi connectivity index (χ1n) is 14.6. The fraction of sp³-hybridized carbons (Fsp3) is 0.0750. The zero-order valence-electron chi connectivity index (χ0n) is 24.5. The molecule has 0 aliphatic heterocycles. The van der Waals surface area contributed by atoms with Crippen molar-refractivity contribution in [2.24, 2.45) is 0 Å². The van der Waals surface area contributed by atoms with Gasteiger partial charge in [0.2, 0.25) is 0 Å². The number of aryl methyl sites for hydroxylation is 3. The van der Waals surface area contributed by atoms with Crippen molar-refractivity contribution in [2.75, 3.05) is 0 Å². The molecule has 3 heteroatoms. The predicted octanol–water partition coefficient (Wildman–Crippen LogP) is 10.3. The van der Waals surface area contributed by atoms with E-state index in [-0.39, 0.29) is 0 Å². The summed E-state index contributed by atoms with van der Waals surface area (Å²) in [6.45, 7) is 6.45. The van der Waals surface area contributed by atoms with Gasteiger partial charge in [0.1, 0.15) is 0 Å². The van der Waals surface area contributed by atoms with Crippen LogP contribution in [-0.4, -0.2) is 15.0 Å². The lowest BCUT2D eigenvalue weighted by atomic mass is 9.91. The number of fused-ring (bicyclic) bond motifs is 1. The number of rotatable bonds is 5. The van der Waals surface area contributed by atoms with Gasteiger partial charge in [0.05, 0.1) is 22.4 Å². The first-order valence-corrected chi connectivity index (χ1v) is 14.6. The Bertz CT molecular complexity index is 2060. The molecule has 3 nitrogen and oxygen atoms in total. The van der Waals surface area contributed by atoms with Crippen molar-refractivity contribution < 1.29 is 0 Å². The summed E-state index contributed by atoms with van der Waals surface area (Å²) in [5, 5.41) is 0. The topological polar surface area (TPSA) is 38.7 Å². The van der Waals surface area contributed by atoms with Crippen molar-refractivity contribution in [2.45, 2.75) is 20.8 Å². The van der Waals surface area contributed by atoms with Crippen LogP contribution >= 0.6 is 0 Å². The smallest absolute Gasteiger partial charge is 0.0973 e. The van der Waals surface area contributed by atoms with Crippen LogP contribution in [-0.2, 0) is 0 Å². The average molecular weight is 554 g/mol. The summed E-state index contributed by atoms with van der Waals surface area (Å²) in [7, 11) is 0. The predicted molar refractivity (Wildman–Crippen MR) is 179 cm³/mol. The molecule has 0 spiro atoms. The highest BCUT2D eigenvalue weighted by Gasteiger charge is 2.17. The van der Waals surface area contributed by atoms with Gasteiger partial charge in [0.15, 0.2) is 0 Å². The average Bonchev–Trinajstić information content (AvgIpc) is 3.04. The number of hydrogen-bond donors (Lipinski definition) is 0. The zero-order valence-corrected chi connectivity index (χ0v) is 24.5. The summed E-state index contributed by atoms with van der Waals surface area (Å²) in [5.74, 6) is 0. The van der Waals surface area contributed by atoms with Gasteiger partial charge in [0.25, 0.3) is 0 Å². The number of nitrogens with zero attached hydrogens (tertiary/aromatic N) is 3. The van der Waals surface area contributed by atoms with Crippen molar-refractivity contribution in [1.29, 1.82) is 0 Å². The lowest BCUT2D eigenvalue weighted by Crippen LogP contribution is -1.97. The maximum Gasteiger partial charge on any atom is 0.0973 e. The number of hydrogen-bond acceptors (Lipinski definition) is 3. The van der Waals surface area contributed by atoms with E-state index in [4.69, 9.17) is 9.97 Å². The zero-order chi connectivity index (χ0) is 29.3. The Hall–Kier alpha value is -5.41. The molecule has 0 fully saturated rings. The van der Waals surface area contributed by atoms with E-state index in [1.165, 1.54) is 27.8 Å². The van der Waals surface area contributed by atoms with Crippen molar-refractivity contribution >= 4 is 11.0 Å². The second-order valence-corrected chi connectivity index (χ2v) is 11.2. The van der Waals surface area contributed by atoms with E-state index < -0.39 is 0 Å². The molecule has 0 bridgehead atoms. The second-order valence-electron chi connectivity index (χ2n) is 11.2. The van der Waals surface area contributed by atoms with Crippen LogP contribution in [0.2, 0.25) is 0 Å². The quantitative estimate of drug-likeness (QED) is 0.213. The Balaban J connectivity index is 1.47. The van der Waals surface area contributed by atoms with Crippen LogP contribution < -0.4 is 0 Å². The van der Waals surface area contributed by atoms with Gasteiger partial charge in [-0.3, -0.25) is 4.98 Å². The van der Waals surface area contributed by atoms with Gasteiger partial charge in [-0.2, -0.15) is 0 Å². The second kappa shape index (κ2) is 11.1. The lowest BCUT2D eigenvalue weighted by molar-refractivity contribution is 1.29. The minimum absolute atomic E-state index is 0.870. The van der Waals surface area contributed by atoms with Crippen LogP contribution in [0.1, 0.15) is 16.7 Å². The summed E-state index contributed by atoms with van der Waals surface area (Å²) in [6, 6.07) is 42.9. The minimum atomic E-state index is 0.870. The highest BCUT2D eigenvalue weighted by Crippen LogP contribution is 2.39. The monoisotopic (exact) mass is 553 g/mol. The van der Waals surface area contributed by atoms with Gasteiger partial charge < -0.3 is 0 Å².